The first-order valence-electron chi connectivity index (χ1n) is 5.02. The van der Waals surface area contributed by atoms with Gasteiger partial charge in [-0.15, -0.1) is 0 Å². The molecule has 0 atom stereocenters. The third-order valence-corrected chi connectivity index (χ3v) is 6.56. The Kier molecular flexibility index (Phi) is 3.34. The van der Waals surface area contributed by atoms with Crippen molar-refractivity contribution in [2.75, 3.05) is 11.1 Å². The first-order valence-corrected chi connectivity index (χ1v) is 8.18. The quantitative estimate of drug-likeness (QED) is 0.797. The molecule has 1 aromatic carbocycles. The topological polar surface area (TPSA) is 34.1 Å². The van der Waals surface area contributed by atoms with Crippen LogP contribution >= 0.6 is 27.5 Å². The largest absolute Gasteiger partial charge is 0.224 e. The van der Waals surface area contributed by atoms with Gasteiger partial charge in [-0.1, -0.05) is 39.7 Å². The molecule has 1 aliphatic carbocycles. The van der Waals surface area contributed by atoms with E-state index in [0.717, 1.165) is 18.2 Å². The molecule has 0 radical (unpaired) electrons. The highest BCUT2D eigenvalue weighted by atomic mass is 79.9. The van der Waals surface area contributed by atoms with Crippen molar-refractivity contribution in [1.29, 1.82) is 0 Å². The molecule has 0 unspecified atom stereocenters. The Morgan fingerprint density at radius 1 is 1.31 bits per heavy atom. The maximum atomic E-state index is 12.2. The van der Waals surface area contributed by atoms with E-state index in [1.54, 1.807) is 24.3 Å². The monoisotopic (exact) mass is 322 g/mol. The van der Waals surface area contributed by atoms with Gasteiger partial charge in [-0.05, 0) is 30.4 Å². The fourth-order valence-corrected chi connectivity index (χ4v) is 5.18. The average Bonchev–Trinajstić information content (AvgIpc) is 2.98. The molecule has 0 N–H and O–H groups in total. The van der Waals surface area contributed by atoms with Crippen LogP contribution in [0.4, 0.5) is 0 Å². The average molecular weight is 324 g/mol. The standard InChI is InChI=1S/C11H12BrClO2S/c12-7-11(5-6-11)8-16(14,15)10-4-2-1-3-9(10)13/h1-4H,5-8H2. The summed E-state index contributed by atoms with van der Waals surface area (Å²) in [6, 6.07) is 6.62. The van der Waals surface area contributed by atoms with Gasteiger partial charge in [0.25, 0.3) is 0 Å². The van der Waals surface area contributed by atoms with Crippen LogP contribution in [0.25, 0.3) is 0 Å². The summed E-state index contributed by atoms with van der Waals surface area (Å²) >= 11 is 9.29. The molecule has 0 amide bonds. The fraction of sp³-hybridized carbons (Fsp3) is 0.455. The molecule has 2 rings (SSSR count). The van der Waals surface area contributed by atoms with Crippen LogP contribution < -0.4 is 0 Å². The van der Waals surface area contributed by atoms with Crippen LogP contribution in [0, 0.1) is 5.41 Å². The molecule has 5 heteroatoms. The Hall–Kier alpha value is -0.0600. The smallest absolute Gasteiger partial charge is 0.180 e. The molecule has 2 nitrogen and oxygen atoms in total. The summed E-state index contributed by atoms with van der Waals surface area (Å²) in [5.74, 6) is 0.189. The minimum atomic E-state index is -3.26. The van der Waals surface area contributed by atoms with Crippen molar-refractivity contribution in [3.63, 3.8) is 0 Å². The molecule has 0 spiro atoms. The molecule has 1 aromatic rings. The van der Waals surface area contributed by atoms with Gasteiger partial charge in [0.1, 0.15) is 0 Å². The predicted octanol–water partition coefficient (Wildman–Crippen LogP) is 3.29. The van der Waals surface area contributed by atoms with Crippen molar-refractivity contribution >= 4 is 37.4 Å². The van der Waals surface area contributed by atoms with Gasteiger partial charge in [-0.3, -0.25) is 0 Å². The van der Waals surface area contributed by atoms with Crippen molar-refractivity contribution in [2.45, 2.75) is 17.7 Å². The summed E-state index contributed by atoms with van der Waals surface area (Å²) in [5, 5.41) is 1.05. The molecule has 16 heavy (non-hydrogen) atoms. The lowest BCUT2D eigenvalue weighted by molar-refractivity contribution is 0.572. The second kappa shape index (κ2) is 4.31. The van der Waals surface area contributed by atoms with Crippen LogP contribution in [-0.4, -0.2) is 19.5 Å². The van der Waals surface area contributed by atoms with E-state index in [2.05, 4.69) is 15.9 Å². The minimum absolute atomic E-state index is 0.0575. The number of hydrogen-bond donors (Lipinski definition) is 0. The van der Waals surface area contributed by atoms with Gasteiger partial charge in [0.2, 0.25) is 0 Å². The number of alkyl halides is 1. The number of benzene rings is 1. The van der Waals surface area contributed by atoms with Gasteiger partial charge >= 0.3 is 0 Å². The molecular formula is C11H12BrClO2S. The molecular weight excluding hydrogens is 312 g/mol. The Balaban J connectivity index is 2.30. The van der Waals surface area contributed by atoms with E-state index >= 15 is 0 Å². The number of hydrogen-bond acceptors (Lipinski definition) is 2. The summed E-state index contributed by atoms with van der Waals surface area (Å²) in [7, 11) is -3.26. The molecule has 0 aromatic heterocycles. The van der Waals surface area contributed by atoms with Crippen LogP contribution in [0.3, 0.4) is 0 Å². The lowest BCUT2D eigenvalue weighted by Gasteiger charge is -2.12. The van der Waals surface area contributed by atoms with Crippen molar-refractivity contribution in [2.24, 2.45) is 5.41 Å². The number of rotatable bonds is 4. The lowest BCUT2D eigenvalue weighted by atomic mass is 10.2. The number of halogens is 2. The van der Waals surface area contributed by atoms with E-state index in [1.165, 1.54) is 0 Å². The van der Waals surface area contributed by atoms with Crippen LogP contribution in [0.1, 0.15) is 12.8 Å². The Morgan fingerprint density at radius 2 is 1.94 bits per heavy atom. The third-order valence-electron chi connectivity index (χ3n) is 2.91. The van der Waals surface area contributed by atoms with Crippen molar-refractivity contribution < 1.29 is 8.42 Å². The summed E-state index contributed by atoms with van der Waals surface area (Å²) < 4.78 is 24.3. The van der Waals surface area contributed by atoms with Gasteiger partial charge in [0.15, 0.2) is 9.84 Å². The van der Waals surface area contributed by atoms with E-state index in [9.17, 15) is 8.42 Å². The van der Waals surface area contributed by atoms with Gasteiger partial charge in [0, 0.05) is 5.33 Å². The second-order valence-corrected chi connectivity index (χ2v) is 7.25. The molecule has 0 saturated heterocycles. The molecule has 1 aliphatic rings. The Labute approximate surface area is 109 Å². The highest BCUT2D eigenvalue weighted by Gasteiger charge is 2.45. The zero-order valence-electron chi connectivity index (χ0n) is 8.62. The Bertz CT molecular complexity index is 494. The van der Waals surface area contributed by atoms with E-state index in [1.807, 2.05) is 0 Å². The van der Waals surface area contributed by atoms with Crippen molar-refractivity contribution in [3.05, 3.63) is 29.3 Å². The van der Waals surface area contributed by atoms with Crippen LogP contribution in [0.2, 0.25) is 5.02 Å². The van der Waals surface area contributed by atoms with E-state index in [-0.39, 0.29) is 16.1 Å². The minimum Gasteiger partial charge on any atom is -0.224 e. The first-order chi connectivity index (χ1) is 7.49. The third kappa shape index (κ3) is 2.44. The van der Waals surface area contributed by atoms with Gasteiger partial charge < -0.3 is 0 Å². The number of sulfone groups is 1. The highest BCUT2D eigenvalue weighted by Crippen LogP contribution is 2.49. The van der Waals surface area contributed by atoms with Crippen LogP contribution in [-0.2, 0) is 9.84 Å². The SMILES string of the molecule is O=S(=O)(CC1(CBr)CC1)c1ccccc1Cl. The second-order valence-electron chi connectivity index (χ2n) is 4.32. The van der Waals surface area contributed by atoms with E-state index in [4.69, 9.17) is 11.6 Å². The molecule has 1 saturated carbocycles. The van der Waals surface area contributed by atoms with Crippen LogP contribution in [0.5, 0.6) is 0 Å². The maximum absolute atomic E-state index is 12.2. The maximum Gasteiger partial charge on any atom is 0.180 e. The lowest BCUT2D eigenvalue weighted by Crippen LogP contribution is -2.19. The summed E-state index contributed by atoms with van der Waals surface area (Å²) in [6.07, 6.45) is 1.95. The summed E-state index contributed by atoms with van der Waals surface area (Å²) in [5.41, 5.74) is -0.0575. The van der Waals surface area contributed by atoms with Gasteiger partial charge in [-0.2, -0.15) is 0 Å². The van der Waals surface area contributed by atoms with E-state index < -0.39 is 9.84 Å². The summed E-state index contributed by atoms with van der Waals surface area (Å²) in [6.45, 7) is 0. The molecule has 0 bridgehead atoms. The normalized spacial score (nSPS) is 18.4. The predicted molar refractivity (Wildman–Crippen MR) is 69.0 cm³/mol. The highest BCUT2D eigenvalue weighted by molar-refractivity contribution is 9.09. The van der Waals surface area contributed by atoms with E-state index in [0.29, 0.717) is 5.02 Å². The zero-order chi connectivity index (χ0) is 11.8. The molecule has 0 aliphatic heterocycles. The molecule has 1 fully saturated rings. The van der Waals surface area contributed by atoms with Gasteiger partial charge in [0.05, 0.1) is 15.7 Å². The van der Waals surface area contributed by atoms with Gasteiger partial charge in [-0.25, -0.2) is 8.42 Å². The van der Waals surface area contributed by atoms with Crippen LogP contribution in [0.15, 0.2) is 29.2 Å². The van der Waals surface area contributed by atoms with Crippen molar-refractivity contribution in [1.82, 2.24) is 0 Å². The van der Waals surface area contributed by atoms with Crippen molar-refractivity contribution in [3.8, 4) is 0 Å². The zero-order valence-corrected chi connectivity index (χ0v) is 11.8. The molecule has 88 valence electrons. The Morgan fingerprint density at radius 3 is 2.44 bits per heavy atom. The summed E-state index contributed by atoms with van der Waals surface area (Å²) in [4.78, 5) is 0.254. The fourth-order valence-electron chi connectivity index (χ4n) is 1.67. The first kappa shape index (κ1) is 12.4. The molecule has 0 heterocycles.